The molecule has 4 heteroatoms. The molecule has 0 saturated carbocycles. The normalized spacial score (nSPS) is 13.3. The van der Waals surface area contributed by atoms with E-state index in [0.29, 0.717) is 13.0 Å². The van der Waals surface area contributed by atoms with Crippen molar-refractivity contribution < 1.29 is 19.4 Å². The summed E-state index contributed by atoms with van der Waals surface area (Å²) < 4.78 is 11.1. The van der Waals surface area contributed by atoms with Crippen molar-refractivity contribution in [2.45, 2.75) is 187 Å². The predicted molar refractivity (Wildman–Crippen MR) is 232 cm³/mol. The smallest absolute Gasteiger partial charge is 0.306 e. The van der Waals surface area contributed by atoms with E-state index in [-0.39, 0.29) is 19.2 Å². The van der Waals surface area contributed by atoms with Crippen LogP contribution in [-0.4, -0.2) is 37.0 Å². The topological polar surface area (TPSA) is 55.8 Å². The molecular formula is C49H82O4. The first-order valence-corrected chi connectivity index (χ1v) is 21.8. The Morgan fingerprint density at radius 1 is 0.472 bits per heavy atom. The second-order valence-electron chi connectivity index (χ2n) is 14.0. The van der Waals surface area contributed by atoms with Crippen LogP contribution in [0.5, 0.6) is 0 Å². The molecule has 1 unspecified atom stereocenters. The van der Waals surface area contributed by atoms with Crippen LogP contribution in [0.25, 0.3) is 0 Å². The summed E-state index contributed by atoms with van der Waals surface area (Å²) in [6.07, 6.45) is 64.6. The minimum absolute atomic E-state index is 0.189. The van der Waals surface area contributed by atoms with E-state index in [9.17, 15) is 9.90 Å². The SMILES string of the molecule is CC/C=C\C/C=C\C/C=C\C/C=C\C/C=C\C/C=C\CCCCCCCOCC(CO)OC(=O)CCCCCCCCC/C=C\C/C=C\CCCCC. The molecule has 0 aromatic rings. The fraction of sp³-hybridized carbons (Fsp3) is 0.653. The Bertz CT molecular complexity index is 996. The highest BCUT2D eigenvalue weighted by molar-refractivity contribution is 5.69. The third kappa shape index (κ3) is 43.6. The molecule has 0 fully saturated rings. The van der Waals surface area contributed by atoms with Crippen LogP contribution in [0.1, 0.15) is 181 Å². The fourth-order valence-corrected chi connectivity index (χ4v) is 5.65. The average Bonchev–Trinajstić information content (AvgIpc) is 3.16. The summed E-state index contributed by atoms with van der Waals surface area (Å²) in [7, 11) is 0. The molecule has 0 spiro atoms. The summed E-state index contributed by atoms with van der Waals surface area (Å²) in [5.74, 6) is -0.220. The van der Waals surface area contributed by atoms with Crippen molar-refractivity contribution in [3.8, 4) is 0 Å². The maximum absolute atomic E-state index is 12.2. The van der Waals surface area contributed by atoms with Crippen molar-refractivity contribution in [2.24, 2.45) is 0 Å². The van der Waals surface area contributed by atoms with E-state index in [0.717, 1.165) is 77.0 Å². The number of esters is 1. The van der Waals surface area contributed by atoms with Gasteiger partial charge in [-0.15, -0.1) is 0 Å². The molecule has 1 atom stereocenters. The number of ether oxygens (including phenoxy) is 2. The Balaban J connectivity index is 3.55. The van der Waals surface area contributed by atoms with E-state index < -0.39 is 6.10 Å². The number of hydrogen-bond acceptors (Lipinski definition) is 4. The van der Waals surface area contributed by atoms with E-state index >= 15 is 0 Å². The van der Waals surface area contributed by atoms with Gasteiger partial charge in [0.25, 0.3) is 0 Å². The lowest BCUT2D eigenvalue weighted by Crippen LogP contribution is -2.27. The Morgan fingerprint density at radius 2 is 0.849 bits per heavy atom. The molecule has 0 aliphatic carbocycles. The van der Waals surface area contributed by atoms with Crippen molar-refractivity contribution in [3.63, 3.8) is 0 Å². The number of hydrogen-bond donors (Lipinski definition) is 1. The molecular weight excluding hydrogens is 653 g/mol. The van der Waals surface area contributed by atoms with Crippen LogP contribution >= 0.6 is 0 Å². The molecule has 0 radical (unpaired) electrons. The van der Waals surface area contributed by atoms with Crippen LogP contribution in [0.3, 0.4) is 0 Å². The summed E-state index contributed by atoms with van der Waals surface area (Å²) in [6.45, 7) is 5.14. The Morgan fingerprint density at radius 3 is 1.28 bits per heavy atom. The van der Waals surface area contributed by atoms with Gasteiger partial charge >= 0.3 is 5.97 Å². The molecule has 4 nitrogen and oxygen atoms in total. The lowest BCUT2D eigenvalue weighted by molar-refractivity contribution is -0.154. The molecule has 0 amide bonds. The van der Waals surface area contributed by atoms with Crippen molar-refractivity contribution in [1.29, 1.82) is 0 Å². The maximum atomic E-state index is 12.2. The van der Waals surface area contributed by atoms with Crippen LogP contribution in [0.15, 0.2) is 97.2 Å². The molecule has 0 heterocycles. The quantitative estimate of drug-likeness (QED) is 0.0388. The van der Waals surface area contributed by atoms with Crippen LogP contribution in [-0.2, 0) is 14.3 Å². The molecule has 0 rings (SSSR count). The highest BCUT2D eigenvalue weighted by Crippen LogP contribution is 2.12. The molecule has 0 bridgehead atoms. The third-order valence-corrected chi connectivity index (χ3v) is 8.89. The molecule has 302 valence electrons. The first-order valence-electron chi connectivity index (χ1n) is 21.8. The van der Waals surface area contributed by atoms with Gasteiger partial charge in [-0.3, -0.25) is 4.79 Å². The number of aliphatic hydroxyl groups excluding tert-OH is 1. The first kappa shape index (κ1) is 50.3. The molecule has 0 aliphatic rings. The highest BCUT2D eigenvalue weighted by Gasteiger charge is 2.13. The number of carbonyl (C=O) groups excluding carboxylic acids is 1. The lowest BCUT2D eigenvalue weighted by Gasteiger charge is -2.15. The van der Waals surface area contributed by atoms with Crippen molar-refractivity contribution >= 4 is 5.97 Å². The van der Waals surface area contributed by atoms with Crippen molar-refractivity contribution in [3.05, 3.63) is 97.2 Å². The van der Waals surface area contributed by atoms with E-state index in [2.05, 4.69) is 111 Å². The molecule has 53 heavy (non-hydrogen) atoms. The average molecular weight is 735 g/mol. The number of carbonyl (C=O) groups is 1. The van der Waals surface area contributed by atoms with Crippen LogP contribution in [0.2, 0.25) is 0 Å². The van der Waals surface area contributed by atoms with Crippen LogP contribution < -0.4 is 0 Å². The van der Waals surface area contributed by atoms with Gasteiger partial charge in [0.05, 0.1) is 13.2 Å². The molecule has 0 aromatic carbocycles. The minimum atomic E-state index is -0.556. The summed E-state index contributed by atoms with van der Waals surface area (Å²) in [6, 6.07) is 0. The van der Waals surface area contributed by atoms with Gasteiger partial charge in [0.2, 0.25) is 0 Å². The lowest BCUT2D eigenvalue weighted by atomic mass is 10.1. The monoisotopic (exact) mass is 735 g/mol. The Kier molecular flexibility index (Phi) is 43.2. The molecule has 0 aliphatic heterocycles. The van der Waals surface area contributed by atoms with E-state index in [1.807, 2.05) is 0 Å². The summed E-state index contributed by atoms with van der Waals surface area (Å²) in [4.78, 5) is 12.2. The summed E-state index contributed by atoms with van der Waals surface area (Å²) in [5.41, 5.74) is 0. The highest BCUT2D eigenvalue weighted by atomic mass is 16.6. The number of unbranched alkanes of at least 4 members (excludes halogenated alkanes) is 15. The van der Waals surface area contributed by atoms with Gasteiger partial charge in [0, 0.05) is 13.0 Å². The number of rotatable bonds is 39. The number of aliphatic hydroxyl groups is 1. The van der Waals surface area contributed by atoms with Crippen LogP contribution in [0, 0.1) is 0 Å². The van der Waals surface area contributed by atoms with E-state index in [1.165, 1.54) is 83.5 Å². The van der Waals surface area contributed by atoms with Gasteiger partial charge in [0.15, 0.2) is 0 Å². The second kappa shape index (κ2) is 45.5. The zero-order valence-electron chi connectivity index (χ0n) is 34.5. The van der Waals surface area contributed by atoms with Crippen LogP contribution in [0.4, 0.5) is 0 Å². The summed E-state index contributed by atoms with van der Waals surface area (Å²) >= 11 is 0. The van der Waals surface area contributed by atoms with Gasteiger partial charge in [-0.2, -0.15) is 0 Å². The van der Waals surface area contributed by atoms with Crippen molar-refractivity contribution in [2.75, 3.05) is 19.8 Å². The van der Waals surface area contributed by atoms with Gasteiger partial charge in [0.1, 0.15) is 6.10 Å². The molecule has 1 N–H and O–H groups in total. The summed E-state index contributed by atoms with van der Waals surface area (Å²) in [5, 5.41) is 9.61. The van der Waals surface area contributed by atoms with E-state index in [1.54, 1.807) is 0 Å². The third-order valence-electron chi connectivity index (χ3n) is 8.89. The fourth-order valence-electron chi connectivity index (χ4n) is 5.65. The standard InChI is InChI=1S/C49H82O4/c1-3-5-7-9-11-13-15-17-19-21-22-23-24-25-26-27-29-31-33-35-37-39-41-43-45-52-47-48(46-50)53-49(51)44-42-40-38-36-34-32-30-28-20-18-16-14-12-10-8-6-4-2/h5,7,11-14,17-20,22-23,25-26,29,31,48,50H,3-4,6,8-10,15-16,21,24,27-28,30,32-47H2,1-2H3/b7-5-,13-11-,14-12-,19-17-,20-18-,23-22-,26-25-,31-29-. The molecule has 0 aromatic heterocycles. The maximum Gasteiger partial charge on any atom is 0.306 e. The zero-order valence-corrected chi connectivity index (χ0v) is 34.5. The van der Waals surface area contributed by atoms with Gasteiger partial charge in [-0.25, -0.2) is 0 Å². The van der Waals surface area contributed by atoms with Crippen molar-refractivity contribution in [1.82, 2.24) is 0 Å². The Hall–Kier alpha value is -2.69. The Labute approximate surface area is 328 Å². The molecule has 0 saturated heterocycles. The van der Waals surface area contributed by atoms with Gasteiger partial charge in [-0.05, 0) is 96.3 Å². The zero-order chi connectivity index (χ0) is 38.4. The van der Waals surface area contributed by atoms with Gasteiger partial charge < -0.3 is 14.6 Å². The predicted octanol–water partition coefficient (Wildman–Crippen LogP) is 14.5. The first-order chi connectivity index (χ1) is 26.2. The largest absolute Gasteiger partial charge is 0.457 e. The van der Waals surface area contributed by atoms with E-state index in [4.69, 9.17) is 9.47 Å². The number of allylic oxidation sites excluding steroid dienone is 16. The minimum Gasteiger partial charge on any atom is -0.457 e. The second-order valence-corrected chi connectivity index (χ2v) is 14.0. The van der Waals surface area contributed by atoms with Gasteiger partial charge in [-0.1, -0.05) is 175 Å².